The summed E-state index contributed by atoms with van der Waals surface area (Å²) >= 11 is 1.54. The van der Waals surface area contributed by atoms with Crippen molar-refractivity contribution in [3.8, 4) is 27.7 Å². The van der Waals surface area contributed by atoms with E-state index in [0.717, 1.165) is 32.2 Å². The Morgan fingerprint density at radius 1 is 0.932 bits per heavy atom. The first kappa shape index (κ1) is 29.3. The van der Waals surface area contributed by atoms with Crippen LogP contribution < -0.4 is 9.47 Å². The Balaban J connectivity index is 1.35. The van der Waals surface area contributed by atoms with E-state index in [1.165, 1.54) is 35.1 Å². The van der Waals surface area contributed by atoms with Gasteiger partial charge >= 0.3 is 5.97 Å². The van der Waals surface area contributed by atoms with E-state index in [9.17, 15) is 18.0 Å². The maximum absolute atomic E-state index is 13.0. The van der Waals surface area contributed by atoms with Crippen LogP contribution in [-0.4, -0.2) is 37.1 Å². The summed E-state index contributed by atoms with van der Waals surface area (Å²) in [5.41, 5.74) is 3.14. The molecule has 1 aliphatic heterocycles. The van der Waals surface area contributed by atoms with Crippen LogP contribution in [0.5, 0.6) is 17.2 Å². The molecule has 1 aromatic heterocycles. The van der Waals surface area contributed by atoms with E-state index in [1.807, 2.05) is 24.3 Å². The fourth-order valence-electron chi connectivity index (χ4n) is 5.28. The van der Waals surface area contributed by atoms with Crippen LogP contribution in [0, 0.1) is 0 Å². The third-order valence-electron chi connectivity index (χ3n) is 7.49. The smallest absolute Gasteiger partial charge is 0.328 e. The summed E-state index contributed by atoms with van der Waals surface area (Å²) in [5, 5.41) is 8.48. The predicted molar refractivity (Wildman–Crippen MR) is 172 cm³/mol. The molecule has 0 saturated heterocycles. The lowest BCUT2D eigenvalue weighted by atomic mass is 9.96. The third kappa shape index (κ3) is 5.52. The lowest BCUT2D eigenvalue weighted by molar-refractivity contribution is -0.131. The number of ketones is 1. The standard InChI is InChI=1S/C35H28O7S2/c1-21(2)25-7-3-4-8-26(25)35-34(42-23-14-11-22(12-15-23)13-18-32(36)37)27-17-16-24(19-29(27)43-35)41-20-31-33(38)28-9-5-6-10-30(28)44(31,39)40/h3-19,21,31H,20H2,1-2H3,(H,36,37). The van der Waals surface area contributed by atoms with E-state index < -0.39 is 26.8 Å². The van der Waals surface area contributed by atoms with Crippen molar-refractivity contribution in [3.05, 3.63) is 114 Å². The minimum atomic E-state index is -3.83. The van der Waals surface area contributed by atoms with Gasteiger partial charge in [0.15, 0.2) is 26.6 Å². The number of sulfone groups is 1. The number of benzene rings is 4. The van der Waals surface area contributed by atoms with Crippen molar-refractivity contribution >= 4 is 49.1 Å². The van der Waals surface area contributed by atoms with E-state index in [0.29, 0.717) is 17.2 Å². The van der Waals surface area contributed by atoms with Crippen LogP contribution in [0.2, 0.25) is 0 Å². The summed E-state index contributed by atoms with van der Waals surface area (Å²) in [6.07, 6.45) is 2.60. The van der Waals surface area contributed by atoms with Crippen molar-refractivity contribution in [2.24, 2.45) is 0 Å². The highest BCUT2D eigenvalue weighted by Gasteiger charge is 2.44. The van der Waals surface area contributed by atoms with Crippen LogP contribution in [0.25, 0.3) is 26.6 Å². The molecule has 4 aromatic carbocycles. The van der Waals surface area contributed by atoms with Gasteiger partial charge in [0.1, 0.15) is 18.1 Å². The van der Waals surface area contributed by atoms with E-state index in [-0.39, 0.29) is 23.0 Å². The van der Waals surface area contributed by atoms with Crippen molar-refractivity contribution in [2.75, 3.05) is 6.61 Å². The maximum Gasteiger partial charge on any atom is 0.328 e. The van der Waals surface area contributed by atoms with Crippen LogP contribution in [0.3, 0.4) is 0 Å². The Labute approximate surface area is 258 Å². The van der Waals surface area contributed by atoms with Gasteiger partial charge in [-0.2, -0.15) is 0 Å². The maximum atomic E-state index is 13.0. The van der Waals surface area contributed by atoms with Crippen LogP contribution in [0.4, 0.5) is 0 Å². The van der Waals surface area contributed by atoms with Crippen molar-refractivity contribution in [3.63, 3.8) is 0 Å². The second-order valence-corrected chi connectivity index (χ2v) is 13.9. The topological polar surface area (TPSA) is 107 Å². The van der Waals surface area contributed by atoms with Crippen LogP contribution in [-0.2, 0) is 14.6 Å². The van der Waals surface area contributed by atoms with Gasteiger partial charge in [0.25, 0.3) is 0 Å². The molecule has 222 valence electrons. The Kier molecular flexibility index (Phi) is 7.84. The van der Waals surface area contributed by atoms with Crippen LogP contribution in [0.1, 0.15) is 41.3 Å². The number of Topliss-reactive ketones (excluding diaryl/α,β-unsaturated/α-hetero) is 1. The molecular formula is C35H28O7S2. The third-order valence-corrected chi connectivity index (χ3v) is 10.7. The summed E-state index contributed by atoms with van der Waals surface area (Å²) in [4.78, 5) is 24.8. The van der Waals surface area contributed by atoms with E-state index in [2.05, 4.69) is 26.0 Å². The number of carboxylic acid groups (broad SMARTS) is 1. The molecular weight excluding hydrogens is 597 g/mol. The van der Waals surface area contributed by atoms with Crippen LogP contribution in [0.15, 0.2) is 102 Å². The normalized spacial score (nSPS) is 15.6. The molecule has 1 unspecified atom stereocenters. The molecule has 1 atom stereocenters. The second-order valence-electron chi connectivity index (χ2n) is 10.7. The van der Waals surface area contributed by atoms with Crippen molar-refractivity contribution < 1.29 is 32.6 Å². The van der Waals surface area contributed by atoms with Crippen molar-refractivity contribution in [1.82, 2.24) is 0 Å². The Morgan fingerprint density at radius 3 is 2.32 bits per heavy atom. The highest BCUT2D eigenvalue weighted by molar-refractivity contribution is 7.93. The van der Waals surface area contributed by atoms with Gasteiger partial charge in [-0.15, -0.1) is 11.3 Å². The van der Waals surface area contributed by atoms with E-state index in [1.54, 1.807) is 42.5 Å². The van der Waals surface area contributed by atoms with E-state index in [4.69, 9.17) is 14.6 Å². The van der Waals surface area contributed by atoms with Gasteiger partial charge in [-0.05, 0) is 65.1 Å². The zero-order valence-electron chi connectivity index (χ0n) is 23.9. The highest BCUT2D eigenvalue weighted by Crippen LogP contribution is 2.49. The first-order chi connectivity index (χ1) is 21.1. The minimum Gasteiger partial charge on any atom is -0.492 e. The summed E-state index contributed by atoms with van der Waals surface area (Å²) < 4.78 is 39.4. The number of thiophene rings is 1. The molecule has 0 bridgehead atoms. The van der Waals surface area contributed by atoms with Gasteiger partial charge in [0.2, 0.25) is 0 Å². The molecule has 0 spiro atoms. The Hall–Kier alpha value is -4.73. The Bertz CT molecular complexity index is 2040. The minimum absolute atomic E-state index is 0.0495. The zero-order chi connectivity index (χ0) is 31.0. The molecule has 1 N–H and O–H groups in total. The lowest BCUT2D eigenvalue weighted by Crippen LogP contribution is -2.29. The molecule has 0 radical (unpaired) electrons. The highest BCUT2D eigenvalue weighted by atomic mass is 32.2. The fourth-order valence-corrected chi connectivity index (χ4v) is 8.20. The number of hydrogen-bond acceptors (Lipinski definition) is 7. The first-order valence-electron chi connectivity index (χ1n) is 14.0. The van der Waals surface area contributed by atoms with E-state index >= 15 is 0 Å². The number of fused-ring (bicyclic) bond motifs is 2. The number of hydrogen-bond donors (Lipinski definition) is 1. The van der Waals surface area contributed by atoms with Gasteiger partial charge in [-0.3, -0.25) is 4.79 Å². The van der Waals surface area contributed by atoms with Crippen LogP contribution >= 0.6 is 11.3 Å². The summed E-state index contributed by atoms with van der Waals surface area (Å²) in [7, 11) is -3.83. The number of ether oxygens (including phenoxy) is 2. The molecule has 44 heavy (non-hydrogen) atoms. The molecule has 0 aliphatic carbocycles. The van der Waals surface area contributed by atoms with Gasteiger partial charge in [0, 0.05) is 21.7 Å². The number of carboxylic acids is 1. The largest absolute Gasteiger partial charge is 0.492 e. The molecule has 2 heterocycles. The van der Waals surface area contributed by atoms with Crippen molar-refractivity contribution in [1.29, 1.82) is 0 Å². The molecule has 0 amide bonds. The summed E-state index contributed by atoms with van der Waals surface area (Å²) in [6, 6.07) is 27.0. The molecule has 7 nitrogen and oxygen atoms in total. The zero-order valence-corrected chi connectivity index (χ0v) is 25.5. The number of carbonyl (C=O) groups is 2. The summed E-state index contributed by atoms with van der Waals surface area (Å²) in [6.45, 7) is 3.99. The second kappa shape index (κ2) is 11.7. The average molecular weight is 625 g/mol. The predicted octanol–water partition coefficient (Wildman–Crippen LogP) is 8.00. The Morgan fingerprint density at radius 2 is 1.61 bits per heavy atom. The van der Waals surface area contributed by atoms with Gasteiger partial charge in [0.05, 0.1) is 9.77 Å². The SMILES string of the molecule is CC(C)c1ccccc1-c1sc2cc(OCC3C(=O)c4ccccc4S3(=O)=O)ccc2c1Oc1ccc(C=CC(=O)O)cc1. The molecule has 0 saturated carbocycles. The number of aliphatic carboxylic acids is 1. The molecule has 9 heteroatoms. The fraction of sp³-hybridized carbons (Fsp3) is 0.143. The number of rotatable bonds is 9. The van der Waals surface area contributed by atoms with Gasteiger partial charge in [-0.1, -0.05) is 68.4 Å². The molecule has 6 rings (SSSR count). The quantitative estimate of drug-likeness (QED) is 0.166. The molecule has 0 fully saturated rings. The lowest BCUT2D eigenvalue weighted by Gasteiger charge is -2.14. The summed E-state index contributed by atoms with van der Waals surface area (Å²) in [5.74, 6) is 0.493. The molecule has 1 aliphatic rings. The van der Waals surface area contributed by atoms with Crippen molar-refractivity contribution in [2.45, 2.75) is 29.9 Å². The van der Waals surface area contributed by atoms with Gasteiger partial charge < -0.3 is 14.6 Å². The van der Waals surface area contributed by atoms with Gasteiger partial charge in [-0.25, -0.2) is 13.2 Å². The number of carbonyl (C=O) groups excluding carboxylic acids is 1. The molecule has 5 aromatic rings. The first-order valence-corrected chi connectivity index (χ1v) is 16.3. The average Bonchev–Trinajstić information content (AvgIpc) is 3.46. The monoisotopic (exact) mass is 624 g/mol.